The van der Waals surface area contributed by atoms with Gasteiger partial charge in [-0.25, -0.2) is 0 Å². The predicted octanol–water partition coefficient (Wildman–Crippen LogP) is 2.86. The molecule has 1 aromatic carbocycles. The average Bonchev–Trinajstić information content (AvgIpc) is 2.42. The molecule has 104 valence electrons. The summed E-state index contributed by atoms with van der Waals surface area (Å²) < 4.78 is 10.0. The Labute approximate surface area is 113 Å². The minimum Gasteiger partial charge on any atom is -0.493 e. The molecule has 0 radical (unpaired) electrons. The van der Waals surface area contributed by atoms with Crippen LogP contribution in [0.25, 0.3) is 0 Å². The summed E-state index contributed by atoms with van der Waals surface area (Å²) in [6.45, 7) is 4.80. The number of ketones is 1. The molecular weight excluding hydrogens is 244 g/mol. The number of hydrogen-bond donors (Lipinski definition) is 0. The second-order valence-corrected chi connectivity index (χ2v) is 4.73. The Kier molecular flexibility index (Phi) is 6.06. The summed E-state index contributed by atoms with van der Waals surface area (Å²) >= 11 is 0. The van der Waals surface area contributed by atoms with Gasteiger partial charge in [-0.15, -0.1) is 0 Å². The molecule has 0 saturated carbocycles. The molecule has 0 atom stereocenters. The standard InChI is InChI=1S/C15H20O4/c1-11(2)10-19-13-6-4-12(5-7-13)14(16)8-9-15(17)18-3/h4-7,11H,8-10H2,1-3H3. The lowest BCUT2D eigenvalue weighted by Gasteiger charge is -2.08. The Morgan fingerprint density at radius 1 is 1.11 bits per heavy atom. The molecule has 4 heteroatoms. The van der Waals surface area contributed by atoms with Gasteiger partial charge >= 0.3 is 5.97 Å². The maximum absolute atomic E-state index is 11.8. The van der Waals surface area contributed by atoms with Gasteiger partial charge < -0.3 is 9.47 Å². The van der Waals surface area contributed by atoms with Crippen LogP contribution >= 0.6 is 0 Å². The number of methoxy groups -OCH3 is 1. The number of rotatable bonds is 7. The highest BCUT2D eigenvalue weighted by Crippen LogP contribution is 2.15. The summed E-state index contributed by atoms with van der Waals surface area (Å²) in [5, 5.41) is 0. The van der Waals surface area contributed by atoms with Crippen LogP contribution in [-0.2, 0) is 9.53 Å². The molecule has 1 rings (SSSR count). The van der Waals surface area contributed by atoms with Gasteiger partial charge in [0.2, 0.25) is 0 Å². The van der Waals surface area contributed by atoms with Gasteiger partial charge in [0.15, 0.2) is 5.78 Å². The molecule has 1 aromatic rings. The maximum Gasteiger partial charge on any atom is 0.305 e. The Hall–Kier alpha value is -1.84. The first kappa shape index (κ1) is 15.2. The van der Waals surface area contributed by atoms with E-state index in [0.29, 0.717) is 18.1 Å². The van der Waals surface area contributed by atoms with Crippen molar-refractivity contribution in [2.24, 2.45) is 5.92 Å². The fraction of sp³-hybridized carbons (Fsp3) is 0.467. The van der Waals surface area contributed by atoms with Gasteiger partial charge in [0.25, 0.3) is 0 Å². The first-order valence-corrected chi connectivity index (χ1v) is 6.35. The van der Waals surface area contributed by atoms with E-state index in [1.807, 2.05) is 0 Å². The molecule has 0 unspecified atom stereocenters. The van der Waals surface area contributed by atoms with Gasteiger partial charge in [-0.2, -0.15) is 0 Å². The number of carbonyl (C=O) groups excluding carboxylic acids is 2. The molecule has 4 nitrogen and oxygen atoms in total. The van der Waals surface area contributed by atoms with E-state index >= 15 is 0 Å². The fourth-order valence-electron chi connectivity index (χ4n) is 1.46. The van der Waals surface area contributed by atoms with E-state index in [4.69, 9.17) is 4.74 Å². The third kappa shape index (κ3) is 5.55. The van der Waals surface area contributed by atoms with Crippen LogP contribution in [0.5, 0.6) is 5.75 Å². The number of benzene rings is 1. The molecule has 0 bridgehead atoms. The number of Topliss-reactive ketones (excluding diaryl/α,β-unsaturated/α-hetero) is 1. The zero-order valence-electron chi connectivity index (χ0n) is 11.6. The van der Waals surface area contributed by atoms with Crippen LogP contribution < -0.4 is 4.74 Å². The lowest BCUT2D eigenvalue weighted by Crippen LogP contribution is -2.07. The van der Waals surface area contributed by atoms with Gasteiger partial charge in [0, 0.05) is 12.0 Å². The average molecular weight is 264 g/mol. The summed E-state index contributed by atoms with van der Waals surface area (Å²) in [5.74, 6) is 0.769. The molecule has 0 spiro atoms. The van der Waals surface area contributed by atoms with Crippen LogP contribution in [0, 0.1) is 5.92 Å². The van der Waals surface area contributed by atoms with Gasteiger partial charge in [-0.05, 0) is 30.2 Å². The fourth-order valence-corrected chi connectivity index (χ4v) is 1.46. The molecular formula is C15H20O4. The monoisotopic (exact) mass is 264 g/mol. The Morgan fingerprint density at radius 3 is 2.26 bits per heavy atom. The highest BCUT2D eigenvalue weighted by atomic mass is 16.5. The van der Waals surface area contributed by atoms with Gasteiger partial charge in [0.1, 0.15) is 5.75 Å². The van der Waals surface area contributed by atoms with Crippen LogP contribution in [0.1, 0.15) is 37.0 Å². The predicted molar refractivity (Wildman–Crippen MR) is 72.4 cm³/mol. The summed E-state index contributed by atoms with van der Waals surface area (Å²) in [4.78, 5) is 22.8. The Balaban J connectivity index is 2.51. The highest BCUT2D eigenvalue weighted by Gasteiger charge is 2.09. The molecule has 0 fully saturated rings. The van der Waals surface area contributed by atoms with E-state index in [1.165, 1.54) is 7.11 Å². The normalized spacial score (nSPS) is 10.3. The third-order valence-electron chi connectivity index (χ3n) is 2.54. The zero-order valence-corrected chi connectivity index (χ0v) is 11.6. The van der Waals surface area contributed by atoms with Crippen molar-refractivity contribution in [1.29, 1.82) is 0 Å². The number of hydrogen-bond acceptors (Lipinski definition) is 4. The van der Waals surface area contributed by atoms with E-state index in [0.717, 1.165) is 5.75 Å². The first-order chi connectivity index (χ1) is 9.02. The first-order valence-electron chi connectivity index (χ1n) is 6.35. The van der Waals surface area contributed by atoms with Crippen LogP contribution in [0.4, 0.5) is 0 Å². The number of carbonyl (C=O) groups is 2. The van der Waals surface area contributed by atoms with Crippen molar-refractivity contribution >= 4 is 11.8 Å². The van der Waals surface area contributed by atoms with Gasteiger partial charge in [-0.3, -0.25) is 9.59 Å². The molecule has 0 aliphatic heterocycles. The summed E-state index contributed by atoms with van der Waals surface area (Å²) in [7, 11) is 1.31. The van der Waals surface area contributed by atoms with Crippen molar-refractivity contribution in [3.63, 3.8) is 0 Å². The molecule has 0 aliphatic carbocycles. The molecule has 19 heavy (non-hydrogen) atoms. The lowest BCUT2D eigenvalue weighted by molar-refractivity contribution is -0.140. The maximum atomic E-state index is 11.8. The molecule has 0 heterocycles. The van der Waals surface area contributed by atoms with Crippen molar-refractivity contribution in [2.45, 2.75) is 26.7 Å². The summed E-state index contributed by atoms with van der Waals surface area (Å²) in [5.41, 5.74) is 0.584. The molecule has 0 amide bonds. The minimum absolute atomic E-state index is 0.0687. The lowest BCUT2D eigenvalue weighted by atomic mass is 10.1. The second-order valence-electron chi connectivity index (χ2n) is 4.73. The zero-order chi connectivity index (χ0) is 14.3. The van der Waals surface area contributed by atoms with Crippen LogP contribution in [0.15, 0.2) is 24.3 Å². The van der Waals surface area contributed by atoms with Crippen molar-refractivity contribution < 1.29 is 19.1 Å². The topological polar surface area (TPSA) is 52.6 Å². The third-order valence-corrected chi connectivity index (χ3v) is 2.54. The van der Waals surface area contributed by atoms with E-state index in [9.17, 15) is 9.59 Å². The summed E-state index contributed by atoms with van der Waals surface area (Å²) in [6.07, 6.45) is 0.278. The van der Waals surface area contributed by atoms with Crippen LogP contribution in [0.2, 0.25) is 0 Å². The molecule has 0 N–H and O–H groups in total. The van der Waals surface area contributed by atoms with E-state index in [1.54, 1.807) is 24.3 Å². The smallest absolute Gasteiger partial charge is 0.305 e. The quantitative estimate of drug-likeness (QED) is 0.561. The Bertz CT molecular complexity index is 420. The molecule has 0 aromatic heterocycles. The summed E-state index contributed by atoms with van der Waals surface area (Å²) in [6, 6.07) is 6.98. The van der Waals surface area contributed by atoms with Crippen molar-refractivity contribution in [1.82, 2.24) is 0 Å². The second kappa shape index (κ2) is 7.56. The number of ether oxygens (including phenoxy) is 2. The largest absolute Gasteiger partial charge is 0.493 e. The van der Waals surface area contributed by atoms with Crippen molar-refractivity contribution in [3.8, 4) is 5.75 Å². The van der Waals surface area contributed by atoms with Crippen molar-refractivity contribution in [3.05, 3.63) is 29.8 Å². The molecule has 0 aliphatic rings. The van der Waals surface area contributed by atoms with Crippen LogP contribution in [0.3, 0.4) is 0 Å². The van der Waals surface area contributed by atoms with E-state index in [-0.39, 0.29) is 24.6 Å². The molecule has 0 saturated heterocycles. The highest BCUT2D eigenvalue weighted by molar-refractivity contribution is 5.97. The van der Waals surface area contributed by atoms with Crippen molar-refractivity contribution in [2.75, 3.05) is 13.7 Å². The SMILES string of the molecule is COC(=O)CCC(=O)c1ccc(OCC(C)C)cc1. The van der Waals surface area contributed by atoms with E-state index in [2.05, 4.69) is 18.6 Å². The van der Waals surface area contributed by atoms with E-state index < -0.39 is 0 Å². The minimum atomic E-state index is -0.370. The van der Waals surface area contributed by atoms with Gasteiger partial charge in [0.05, 0.1) is 20.1 Å². The van der Waals surface area contributed by atoms with Gasteiger partial charge in [-0.1, -0.05) is 13.8 Å². The Morgan fingerprint density at radius 2 is 1.74 bits per heavy atom. The number of esters is 1. The van der Waals surface area contributed by atoms with Crippen LogP contribution in [-0.4, -0.2) is 25.5 Å².